The lowest BCUT2D eigenvalue weighted by molar-refractivity contribution is 0.101. The number of rotatable bonds is 3. The van der Waals surface area contributed by atoms with Crippen LogP contribution in [0.1, 0.15) is 28.5 Å². The minimum Gasteiger partial charge on any atom is -0.345 e. The number of aryl methyl sites for hydroxylation is 2. The summed E-state index contributed by atoms with van der Waals surface area (Å²) in [6, 6.07) is 5.71. The number of hydrogen-bond acceptors (Lipinski definition) is 4. The van der Waals surface area contributed by atoms with E-state index in [2.05, 4.69) is 9.69 Å². The van der Waals surface area contributed by atoms with E-state index in [0.29, 0.717) is 10.6 Å². The number of nitrogens with zero attached hydrogens (tertiary/aromatic N) is 1. The molecular formula is C13H13ClN2OS. The lowest BCUT2D eigenvalue weighted by Crippen LogP contribution is -1.98. The van der Waals surface area contributed by atoms with Crippen LogP contribution in [0, 0.1) is 13.8 Å². The Kier molecular flexibility index (Phi) is 3.68. The van der Waals surface area contributed by atoms with E-state index in [1.54, 1.807) is 6.92 Å². The van der Waals surface area contributed by atoms with Gasteiger partial charge < -0.3 is 5.32 Å². The van der Waals surface area contributed by atoms with Crippen LogP contribution in [0.15, 0.2) is 18.2 Å². The number of nitrogens with one attached hydrogen (secondary N) is 1. The van der Waals surface area contributed by atoms with E-state index in [0.717, 1.165) is 21.9 Å². The van der Waals surface area contributed by atoms with Gasteiger partial charge in [0.1, 0.15) is 5.00 Å². The molecule has 0 aliphatic rings. The van der Waals surface area contributed by atoms with E-state index >= 15 is 0 Å². The fourth-order valence-electron chi connectivity index (χ4n) is 1.67. The highest BCUT2D eigenvalue weighted by Crippen LogP contribution is 2.30. The van der Waals surface area contributed by atoms with Gasteiger partial charge in [-0.15, -0.1) is 0 Å². The Morgan fingerprint density at radius 2 is 2.11 bits per heavy atom. The summed E-state index contributed by atoms with van der Waals surface area (Å²) >= 11 is 7.35. The third kappa shape index (κ3) is 2.54. The highest BCUT2D eigenvalue weighted by atomic mass is 35.5. The summed E-state index contributed by atoms with van der Waals surface area (Å²) in [4.78, 5) is 11.6. The zero-order valence-electron chi connectivity index (χ0n) is 10.4. The van der Waals surface area contributed by atoms with Gasteiger partial charge in [-0.1, -0.05) is 17.7 Å². The largest absolute Gasteiger partial charge is 0.345 e. The summed E-state index contributed by atoms with van der Waals surface area (Å²) in [5, 5.41) is 4.66. The maximum atomic E-state index is 11.6. The van der Waals surface area contributed by atoms with Crippen molar-refractivity contribution < 1.29 is 4.79 Å². The molecule has 2 rings (SSSR count). The molecule has 0 aliphatic carbocycles. The molecule has 18 heavy (non-hydrogen) atoms. The van der Waals surface area contributed by atoms with Gasteiger partial charge in [-0.3, -0.25) is 4.79 Å². The molecule has 0 aliphatic heterocycles. The number of Topliss-reactive ketones (excluding diaryl/α,β-unsaturated/α-hetero) is 1. The van der Waals surface area contributed by atoms with E-state index in [-0.39, 0.29) is 5.78 Å². The number of carbonyl (C=O) groups is 1. The average Bonchev–Trinajstić information content (AvgIpc) is 2.65. The van der Waals surface area contributed by atoms with Gasteiger partial charge in [0, 0.05) is 10.7 Å². The predicted molar refractivity (Wildman–Crippen MR) is 76.3 cm³/mol. The molecule has 1 aromatic heterocycles. The SMILES string of the molecule is CC(=O)c1c(C)nsc1Nc1ccc(C)c(Cl)c1. The first-order chi connectivity index (χ1) is 8.49. The Bertz CT molecular complexity index is 607. The molecule has 1 N–H and O–H groups in total. The van der Waals surface area contributed by atoms with E-state index < -0.39 is 0 Å². The van der Waals surface area contributed by atoms with Gasteiger partial charge in [-0.2, -0.15) is 4.37 Å². The molecule has 5 heteroatoms. The van der Waals surface area contributed by atoms with E-state index in [1.165, 1.54) is 11.5 Å². The number of ketones is 1. The molecular weight excluding hydrogens is 268 g/mol. The minimum atomic E-state index is 0.0157. The molecule has 0 bridgehead atoms. The monoisotopic (exact) mass is 280 g/mol. The summed E-state index contributed by atoms with van der Waals surface area (Å²) in [5.74, 6) is 0.0157. The molecule has 0 amide bonds. The summed E-state index contributed by atoms with van der Waals surface area (Å²) in [6.45, 7) is 5.33. The van der Waals surface area contributed by atoms with Crippen LogP contribution in [0.3, 0.4) is 0 Å². The summed E-state index contributed by atoms with van der Waals surface area (Å²) in [5.41, 5.74) is 3.29. The van der Waals surface area contributed by atoms with Crippen molar-refractivity contribution in [3.63, 3.8) is 0 Å². The Hall–Kier alpha value is -1.39. The Balaban J connectivity index is 2.34. The van der Waals surface area contributed by atoms with Crippen molar-refractivity contribution in [2.45, 2.75) is 20.8 Å². The van der Waals surface area contributed by atoms with Crippen molar-refractivity contribution in [3.05, 3.63) is 40.0 Å². The topological polar surface area (TPSA) is 42.0 Å². The van der Waals surface area contributed by atoms with Crippen LogP contribution in [0.4, 0.5) is 10.7 Å². The molecule has 1 aromatic carbocycles. The first-order valence-corrected chi connectivity index (χ1v) is 6.64. The molecule has 0 saturated carbocycles. The third-order valence-corrected chi connectivity index (χ3v) is 3.91. The summed E-state index contributed by atoms with van der Waals surface area (Å²) < 4.78 is 4.20. The van der Waals surface area contributed by atoms with Gasteiger partial charge in [-0.25, -0.2) is 0 Å². The van der Waals surface area contributed by atoms with Crippen molar-refractivity contribution in [3.8, 4) is 0 Å². The maximum Gasteiger partial charge on any atom is 0.164 e. The number of hydrogen-bond donors (Lipinski definition) is 1. The fraction of sp³-hybridized carbons (Fsp3) is 0.231. The molecule has 0 fully saturated rings. The van der Waals surface area contributed by atoms with Gasteiger partial charge in [0.15, 0.2) is 5.78 Å². The zero-order valence-corrected chi connectivity index (χ0v) is 11.9. The van der Waals surface area contributed by atoms with Crippen LogP contribution in [-0.4, -0.2) is 10.2 Å². The molecule has 2 aromatic rings. The first-order valence-electron chi connectivity index (χ1n) is 5.49. The second kappa shape index (κ2) is 5.08. The number of benzene rings is 1. The standard InChI is InChI=1S/C13H13ClN2OS/c1-7-4-5-10(6-11(7)14)15-13-12(9(3)17)8(2)16-18-13/h4-6,15H,1-3H3. The molecule has 3 nitrogen and oxygen atoms in total. The normalized spacial score (nSPS) is 10.4. The lowest BCUT2D eigenvalue weighted by atomic mass is 10.1. The molecule has 1 heterocycles. The second-order valence-corrected chi connectivity index (χ2v) is 5.30. The van der Waals surface area contributed by atoms with Gasteiger partial charge >= 0.3 is 0 Å². The van der Waals surface area contributed by atoms with Crippen molar-refractivity contribution in [2.24, 2.45) is 0 Å². The van der Waals surface area contributed by atoms with Crippen LogP contribution >= 0.6 is 23.1 Å². The first kappa shape index (κ1) is 13.1. The second-order valence-electron chi connectivity index (χ2n) is 4.12. The van der Waals surface area contributed by atoms with E-state index in [9.17, 15) is 4.79 Å². The number of carbonyl (C=O) groups excluding carboxylic acids is 1. The predicted octanol–water partition coefficient (Wildman–Crippen LogP) is 4.36. The number of halogens is 1. The van der Waals surface area contributed by atoms with Crippen molar-refractivity contribution in [1.82, 2.24) is 4.37 Å². The molecule has 0 atom stereocenters. The minimum absolute atomic E-state index is 0.0157. The molecule has 94 valence electrons. The van der Waals surface area contributed by atoms with Crippen LogP contribution in [-0.2, 0) is 0 Å². The van der Waals surface area contributed by atoms with E-state index in [4.69, 9.17) is 11.6 Å². The van der Waals surface area contributed by atoms with E-state index in [1.807, 2.05) is 32.0 Å². The smallest absolute Gasteiger partial charge is 0.164 e. The molecule has 0 spiro atoms. The highest BCUT2D eigenvalue weighted by Gasteiger charge is 2.15. The quantitative estimate of drug-likeness (QED) is 0.850. The van der Waals surface area contributed by atoms with Crippen molar-refractivity contribution in [1.29, 1.82) is 0 Å². The van der Waals surface area contributed by atoms with Gasteiger partial charge in [-0.05, 0) is 50.0 Å². The van der Waals surface area contributed by atoms with Gasteiger partial charge in [0.2, 0.25) is 0 Å². The van der Waals surface area contributed by atoms with Crippen LogP contribution in [0.2, 0.25) is 5.02 Å². The summed E-state index contributed by atoms with van der Waals surface area (Å²) in [7, 11) is 0. The average molecular weight is 281 g/mol. The Morgan fingerprint density at radius 3 is 2.72 bits per heavy atom. The molecule has 0 radical (unpaired) electrons. The Morgan fingerprint density at radius 1 is 1.39 bits per heavy atom. The van der Waals surface area contributed by atoms with Gasteiger partial charge in [0.25, 0.3) is 0 Å². The molecule has 0 unspecified atom stereocenters. The maximum absolute atomic E-state index is 11.6. The van der Waals surface area contributed by atoms with Crippen molar-refractivity contribution in [2.75, 3.05) is 5.32 Å². The van der Waals surface area contributed by atoms with Crippen LogP contribution in [0.5, 0.6) is 0 Å². The summed E-state index contributed by atoms with van der Waals surface area (Å²) in [6.07, 6.45) is 0. The fourth-order valence-corrected chi connectivity index (χ4v) is 2.72. The zero-order chi connectivity index (χ0) is 13.3. The Labute approximate surface area is 115 Å². The van der Waals surface area contributed by atoms with Crippen LogP contribution in [0.25, 0.3) is 0 Å². The number of aromatic nitrogens is 1. The highest BCUT2D eigenvalue weighted by molar-refractivity contribution is 7.10. The molecule has 0 saturated heterocycles. The number of anilines is 2. The van der Waals surface area contributed by atoms with Gasteiger partial charge in [0.05, 0.1) is 11.3 Å². The van der Waals surface area contributed by atoms with Crippen molar-refractivity contribution >= 4 is 39.6 Å². The van der Waals surface area contributed by atoms with Crippen LogP contribution < -0.4 is 5.32 Å². The third-order valence-electron chi connectivity index (χ3n) is 2.64. The lowest BCUT2D eigenvalue weighted by Gasteiger charge is -2.07.